The van der Waals surface area contributed by atoms with Crippen molar-refractivity contribution in [3.63, 3.8) is 0 Å². The molecule has 1 atom stereocenters. The summed E-state index contributed by atoms with van der Waals surface area (Å²) in [6, 6.07) is 17.1. The lowest BCUT2D eigenvalue weighted by atomic mass is 10.0. The maximum atomic E-state index is 13.1. The fourth-order valence-electron chi connectivity index (χ4n) is 5.64. The number of ether oxygens (including phenoxy) is 1. The number of nitrogens with one attached hydrogen (secondary N) is 1. The Balaban J connectivity index is 1.08. The molecule has 4 heterocycles. The molecule has 6 rings (SSSR count). The normalized spacial score (nSPS) is 16.8. The van der Waals surface area contributed by atoms with Gasteiger partial charge in [-0.1, -0.05) is 30.3 Å². The topological polar surface area (TPSA) is 134 Å². The van der Waals surface area contributed by atoms with Crippen molar-refractivity contribution in [2.75, 3.05) is 49.2 Å². The lowest BCUT2D eigenvalue weighted by Gasteiger charge is -2.39. The van der Waals surface area contributed by atoms with E-state index in [-0.39, 0.29) is 17.6 Å². The predicted octanol–water partition coefficient (Wildman–Crippen LogP) is 5.00. The van der Waals surface area contributed by atoms with E-state index in [9.17, 15) is 22.8 Å². The molecule has 2 aromatic heterocycles. The Morgan fingerprint density at radius 2 is 1.62 bits per heavy atom. The summed E-state index contributed by atoms with van der Waals surface area (Å²) in [6.45, 7) is 8.61. The Kier molecular flexibility index (Phi) is 9.05. The van der Waals surface area contributed by atoms with Crippen LogP contribution in [0.1, 0.15) is 37.6 Å². The summed E-state index contributed by atoms with van der Waals surface area (Å²) < 4.78 is 30.1. The van der Waals surface area contributed by atoms with Crippen molar-refractivity contribution >= 4 is 50.1 Å². The Bertz CT molecular complexity index is 1960. The quantitative estimate of drug-likeness (QED) is 0.287. The molecule has 4 aromatic rings. The molecule has 48 heavy (non-hydrogen) atoms. The third-order valence-electron chi connectivity index (χ3n) is 8.25. The number of carbonyl (C=O) groups is 3. The fraction of sp³-hybridized carbons (Fsp3) is 0.353. The number of nitrogens with zero attached hydrogens (tertiary/aromatic N) is 5. The van der Waals surface area contributed by atoms with Gasteiger partial charge in [0.05, 0.1) is 17.5 Å². The number of rotatable bonds is 7. The lowest BCUT2D eigenvalue weighted by molar-refractivity contribution is -0.123. The lowest BCUT2D eigenvalue weighted by Crippen LogP contribution is -2.56. The minimum atomic E-state index is -3.51. The highest BCUT2D eigenvalue weighted by atomic mass is 32.2. The number of amides is 3. The summed E-state index contributed by atoms with van der Waals surface area (Å²) in [5.74, 6) is -0.733. The van der Waals surface area contributed by atoms with Crippen LogP contribution in [0.5, 0.6) is 0 Å². The molecule has 2 aliphatic heterocycles. The monoisotopic (exact) mass is 690 g/mol. The molecule has 2 aromatic carbocycles. The van der Waals surface area contributed by atoms with Crippen LogP contribution in [0.25, 0.3) is 22.4 Å². The Morgan fingerprint density at radius 1 is 0.938 bits per heavy atom. The molecule has 1 N–H and O–H groups in total. The highest BCUT2D eigenvalue weighted by Crippen LogP contribution is 2.32. The minimum Gasteiger partial charge on any atom is -0.444 e. The molecular weight excluding hydrogens is 653 g/mol. The first-order chi connectivity index (χ1) is 22.7. The fourth-order valence-corrected chi connectivity index (χ4v) is 6.95. The molecule has 0 aliphatic carbocycles. The van der Waals surface area contributed by atoms with E-state index < -0.39 is 27.6 Å². The Labute approximate surface area is 284 Å². The molecule has 252 valence electrons. The van der Waals surface area contributed by atoms with E-state index in [0.717, 1.165) is 38.3 Å². The molecule has 0 spiro atoms. The van der Waals surface area contributed by atoms with Crippen LogP contribution in [0.3, 0.4) is 0 Å². The molecule has 0 bridgehead atoms. The SMILES string of the molecule is CC(C)(C)OC(=O)N1CCN(c2cccc(-c3cccc(-c4csc(NC(=O)[C@@H]5CCN5C(=O)c5ccn(S(C)(=O)=O)c5)n4)c3)c2)CC1. The smallest absolute Gasteiger partial charge is 0.410 e. The number of aromatic nitrogens is 2. The third-order valence-corrected chi connectivity index (χ3v) is 10.00. The first-order valence-corrected chi connectivity index (χ1v) is 18.4. The minimum absolute atomic E-state index is 0.209. The molecule has 14 heteroatoms. The van der Waals surface area contributed by atoms with Gasteiger partial charge in [-0.25, -0.2) is 18.2 Å². The molecular formula is C34H38N6O6S2. The summed E-state index contributed by atoms with van der Waals surface area (Å²) in [7, 11) is -3.51. The van der Waals surface area contributed by atoms with Crippen LogP contribution in [0.15, 0.2) is 72.4 Å². The molecule has 2 aliphatic rings. The second-order valence-corrected chi connectivity index (χ2v) is 15.7. The van der Waals surface area contributed by atoms with Gasteiger partial charge in [0.2, 0.25) is 15.9 Å². The number of carbonyl (C=O) groups excluding carboxylic acids is 3. The van der Waals surface area contributed by atoms with E-state index in [1.165, 1.54) is 34.7 Å². The first kappa shape index (κ1) is 33.2. The molecule has 0 radical (unpaired) electrons. The molecule has 2 fully saturated rings. The van der Waals surface area contributed by atoms with E-state index in [0.29, 0.717) is 44.3 Å². The van der Waals surface area contributed by atoms with E-state index >= 15 is 0 Å². The number of thiazole rings is 1. The molecule has 2 saturated heterocycles. The van der Waals surface area contributed by atoms with Crippen LogP contribution < -0.4 is 10.2 Å². The second kappa shape index (κ2) is 13.1. The summed E-state index contributed by atoms with van der Waals surface area (Å²) in [5.41, 5.74) is 4.46. The Morgan fingerprint density at radius 3 is 2.27 bits per heavy atom. The highest BCUT2D eigenvalue weighted by Gasteiger charge is 2.38. The van der Waals surface area contributed by atoms with Gasteiger partial charge in [0.15, 0.2) is 5.13 Å². The molecule has 3 amide bonds. The summed E-state index contributed by atoms with van der Waals surface area (Å²) in [6.07, 6.45) is 3.85. The number of hydrogen-bond acceptors (Lipinski definition) is 9. The standard InChI is InChI=1S/C34H38N6O6S2/c1-34(2,3)46-33(43)38-17-15-37(16-18-38)27-10-6-8-24(20-27)23-7-5-9-25(19-23)28-22-47-32(35-28)36-30(41)29-12-14-40(29)31(42)26-11-13-39(21-26)48(4,44)45/h5-11,13,19-22,29H,12,14-18H2,1-4H3,(H,35,36,41)/t29-/m0/s1. The van der Waals surface area contributed by atoms with Crippen LogP contribution in [0, 0.1) is 0 Å². The molecule has 0 unspecified atom stereocenters. The van der Waals surface area contributed by atoms with Gasteiger partial charge >= 0.3 is 6.09 Å². The van der Waals surface area contributed by atoms with Gasteiger partial charge in [-0.15, -0.1) is 11.3 Å². The summed E-state index contributed by atoms with van der Waals surface area (Å²) >= 11 is 1.30. The molecule has 0 saturated carbocycles. The van der Waals surface area contributed by atoms with Gasteiger partial charge in [0, 0.05) is 61.7 Å². The maximum Gasteiger partial charge on any atom is 0.410 e. The van der Waals surface area contributed by atoms with Crippen molar-refractivity contribution in [2.24, 2.45) is 0 Å². The predicted molar refractivity (Wildman–Crippen MR) is 186 cm³/mol. The van der Waals surface area contributed by atoms with Gasteiger partial charge in [0.25, 0.3) is 5.91 Å². The number of likely N-dealkylation sites (tertiary alicyclic amines) is 1. The van der Waals surface area contributed by atoms with Gasteiger partial charge in [0.1, 0.15) is 11.6 Å². The third kappa shape index (κ3) is 7.39. The number of benzene rings is 2. The van der Waals surface area contributed by atoms with E-state index in [1.54, 1.807) is 4.90 Å². The zero-order valence-electron chi connectivity index (χ0n) is 27.3. The first-order valence-electron chi connectivity index (χ1n) is 15.6. The van der Waals surface area contributed by atoms with Gasteiger partial charge < -0.3 is 24.8 Å². The summed E-state index contributed by atoms with van der Waals surface area (Å²) in [5, 5.41) is 5.15. The largest absolute Gasteiger partial charge is 0.444 e. The van der Waals surface area contributed by atoms with Gasteiger partial charge in [-0.2, -0.15) is 0 Å². The molecule has 12 nitrogen and oxygen atoms in total. The van der Waals surface area contributed by atoms with Crippen molar-refractivity contribution < 1.29 is 27.5 Å². The van der Waals surface area contributed by atoms with E-state index in [4.69, 9.17) is 4.74 Å². The highest BCUT2D eigenvalue weighted by molar-refractivity contribution is 7.89. The average Bonchev–Trinajstić information content (AvgIpc) is 3.71. The zero-order valence-corrected chi connectivity index (χ0v) is 28.9. The van der Waals surface area contributed by atoms with Crippen LogP contribution >= 0.6 is 11.3 Å². The number of anilines is 2. The van der Waals surface area contributed by atoms with Crippen LogP contribution in [-0.2, 0) is 19.6 Å². The maximum absolute atomic E-state index is 13.1. The number of hydrogen-bond donors (Lipinski definition) is 1. The van der Waals surface area contributed by atoms with Crippen molar-refractivity contribution in [1.82, 2.24) is 18.8 Å². The van der Waals surface area contributed by atoms with Gasteiger partial charge in [-0.3, -0.25) is 13.6 Å². The van der Waals surface area contributed by atoms with Crippen LogP contribution in [0.4, 0.5) is 15.6 Å². The van der Waals surface area contributed by atoms with Crippen molar-refractivity contribution in [3.05, 3.63) is 77.9 Å². The average molecular weight is 691 g/mol. The van der Waals surface area contributed by atoms with Crippen LogP contribution in [0.2, 0.25) is 0 Å². The summed E-state index contributed by atoms with van der Waals surface area (Å²) in [4.78, 5) is 48.7. The van der Waals surface area contributed by atoms with Crippen molar-refractivity contribution in [2.45, 2.75) is 38.8 Å². The number of piperazine rings is 1. The van der Waals surface area contributed by atoms with Crippen molar-refractivity contribution in [3.8, 4) is 22.4 Å². The van der Waals surface area contributed by atoms with Crippen molar-refractivity contribution in [1.29, 1.82) is 0 Å². The zero-order chi connectivity index (χ0) is 34.2. The van der Waals surface area contributed by atoms with Gasteiger partial charge in [-0.05, 0) is 62.6 Å². The van der Waals surface area contributed by atoms with E-state index in [2.05, 4.69) is 39.5 Å². The van der Waals surface area contributed by atoms with Crippen LogP contribution in [-0.4, -0.2) is 95.7 Å². The second-order valence-electron chi connectivity index (χ2n) is 12.9. The Hall–Kier alpha value is -4.69. The van der Waals surface area contributed by atoms with E-state index in [1.807, 2.05) is 50.4 Å².